The van der Waals surface area contributed by atoms with E-state index in [2.05, 4.69) is 4.98 Å². The van der Waals surface area contributed by atoms with Crippen LogP contribution in [0.5, 0.6) is 0 Å². The van der Waals surface area contributed by atoms with Crippen LogP contribution < -0.4 is 16.7 Å². The number of rotatable bonds is 1. The number of aromatic nitrogens is 2. The lowest BCUT2D eigenvalue weighted by Crippen LogP contribution is -2.34. The zero-order chi connectivity index (χ0) is 11.9. The Morgan fingerprint density at radius 2 is 2.12 bits per heavy atom. The van der Waals surface area contributed by atoms with E-state index in [1.165, 1.54) is 0 Å². The average molecular weight is 236 g/mol. The van der Waals surface area contributed by atoms with Gasteiger partial charge in [0.2, 0.25) is 0 Å². The summed E-state index contributed by atoms with van der Waals surface area (Å²) >= 11 is 6.01. The molecule has 0 atom stereocenters. The average Bonchev–Trinajstić information content (AvgIpc) is 2.15. The second-order valence-corrected chi connectivity index (χ2v) is 4.06. The predicted molar refractivity (Wildman–Crippen MR) is 67.7 cm³/mol. The molecule has 2 aromatic rings. The van der Waals surface area contributed by atoms with Gasteiger partial charge in [0.25, 0.3) is 5.56 Å². The molecule has 82 valence electrons. The SMILES string of the molecule is Bc1cc(Cl)c2c(=O)n(CC)c(=O)[nH]c2c1. The van der Waals surface area contributed by atoms with Gasteiger partial charge >= 0.3 is 5.69 Å². The Hall–Kier alpha value is -1.49. The molecule has 1 heterocycles. The quantitative estimate of drug-likeness (QED) is 0.687. The highest BCUT2D eigenvalue weighted by Gasteiger charge is 2.09. The van der Waals surface area contributed by atoms with Gasteiger partial charge in [0.15, 0.2) is 0 Å². The second-order valence-electron chi connectivity index (χ2n) is 3.65. The molecule has 0 saturated heterocycles. The second kappa shape index (κ2) is 3.83. The largest absolute Gasteiger partial charge is 0.328 e. The van der Waals surface area contributed by atoms with Gasteiger partial charge in [-0.15, -0.1) is 0 Å². The number of benzene rings is 1. The minimum atomic E-state index is -0.401. The van der Waals surface area contributed by atoms with Crippen molar-refractivity contribution < 1.29 is 0 Å². The third-order valence-corrected chi connectivity index (χ3v) is 2.79. The molecule has 0 aliphatic rings. The Balaban J connectivity index is 3.06. The van der Waals surface area contributed by atoms with E-state index in [-0.39, 0.29) is 5.56 Å². The summed E-state index contributed by atoms with van der Waals surface area (Å²) in [6, 6.07) is 3.45. The van der Waals surface area contributed by atoms with Crippen molar-refractivity contribution in [3.8, 4) is 0 Å². The first-order valence-electron chi connectivity index (χ1n) is 4.97. The predicted octanol–water partition coefficient (Wildman–Crippen LogP) is -0.379. The lowest BCUT2D eigenvalue weighted by atomic mass is 9.95. The molecule has 1 aromatic heterocycles. The van der Waals surface area contributed by atoms with E-state index in [0.717, 1.165) is 10.0 Å². The van der Waals surface area contributed by atoms with E-state index < -0.39 is 5.69 Å². The van der Waals surface area contributed by atoms with Crippen molar-refractivity contribution in [2.75, 3.05) is 0 Å². The van der Waals surface area contributed by atoms with Gasteiger partial charge in [-0.1, -0.05) is 17.1 Å². The van der Waals surface area contributed by atoms with Gasteiger partial charge < -0.3 is 4.98 Å². The number of halogens is 1. The number of H-pyrrole nitrogens is 1. The Labute approximate surface area is 97.3 Å². The molecule has 0 amide bonds. The normalized spacial score (nSPS) is 10.9. The zero-order valence-corrected chi connectivity index (χ0v) is 9.76. The molecule has 0 bridgehead atoms. The van der Waals surface area contributed by atoms with E-state index in [1.54, 1.807) is 19.1 Å². The van der Waals surface area contributed by atoms with Crippen molar-refractivity contribution in [1.82, 2.24) is 9.55 Å². The number of nitrogens with zero attached hydrogens (tertiary/aromatic N) is 1. The summed E-state index contributed by atoms with van der Waals surface area (Å²) in [7, 11) is 1.86. The smallest absolute Gasteiger partial charge is 0.307 e. The van der Waals surface area contributed by atoms with Crippen LogP contribution in [-0.2, 0) is 6.54 Å². The van der Waals surface area contributed by atoms with Crippen molar-refractivity contribution in [2.45, 2.75) is 13.5 Å². The maximum atomic E-state index is 12.0. The highest BCUT2D eigenvalue weighted by atomic mass is 35.5. The molecule has 1 N–H and O–H groups in total. The Bertz CT molecular complexity index is 675. The Kier molecular flexibility index (Phi) is 2.64. The monoisotopic (exact) mass is 236 g/mol. The zero-order valence-electron chi connectivity index (χ0n) is 9.00. The van der Waals surface area contributed by atoms with Crippen LogP contribution >= 0.6 is 11.6 Å². The van der Waals surface area contributed by atoms with Gasteiger partial charge in [-0.05, 0) is 19.1 Å². The maximum absolute atomic E-state index is 12.0. The van der Waals surface area contributed by atoms with Gasteiger partial charge in [-0.2, -0.15) is 0 Å². The first-order valence-corrected chi connectivity index (χ1v) is 5.35. The molecule has 0 fully saturated rings. The maximum Gasteiger partial charge on any atom is 0.328 e. The first-order chi connectivity index (χ1) is 7.54. The minimum Gasteiger partial charge on any atom is -0.307 e. The van der Waals surface area contributed by atoms with Crippen LogP contribution in [0.2, 0.25) is 5.02 Å². The molecule has 0 unspecified atom stereocenters. The standard InChI is InChI=1S/C10H10BClN2O2/c1-2-14-9(15)8-6(12)3-5(11)4-7(8)13-10(14)16/h3-4H,2,11H2,1H3,(H,13,16). The highest BCUT2D eigenvalue weighted by Crippen LogP contribution is 2.15. The molecule has 2 rings (SSSR count). The summed E-state index contributed by atoms with van der Waals surface area (Å²) in [5, 5.41) is 0.743. The topological polar surface area (TPSA) is 54.9 Å². The molecule has 6 heteroatoms. The van der Waals surface area contributed by atoms with Crippen LogP contribution in [0.3, 0.4) is 0 Å². The number of fused-ring (bicyclic) bond motifs is 1. The number of hydrogen-bond donors (Lipinski definition) is 1. The van der Waals surface area contributed by atoms with Gasteiger partial charge in [0, 0.05) is 6.54 Å². The molecule has 0 saturated carbocycles. The van der Waals surface area contributed by atoms with Gasteiger partial charge in [-0.3, -0.25) is 9.36 Å². The number of hydrogen-bond acceptors (Lipinski definition) is 2. The summed E-state index contributed by atoms with van der Waals surface area (Å²) in [4.78, 5) is 26.2. The van der Waals surface area contributed by atoms with Gasteiger partial charge in [-0.25, -0.2) is 4.79 Å². The van der Waals surface area contributed by atoms with E-state index in [9.17, 15) is 9.59 Å². The van der Waals surface area contributed by atoms with Crippen LogP contribution in [0.1, 0.15) is 6.92 Å². The molecule has 16 heavy (non-hydrogen) atoms. The summed E-state index contributed by atoms with van der Waals surface area (Å²) in [5.74, 6) is 0. The molecule has 4 nitrogen and oxygen atoms in total. The van der Waals surface area contributed by atoms with E-state index in [1.807, 2.05) is 7.85 Å². The van der Waals surface area contributed by atoms with Gasteiger partial charge in [0.05, 0.1) is 15.9 Å². The fourth-order valence-corrected chi connectivity index (χ4v) is 2.11. The first kappa shape index (κ1) is 11.0. The fraction of sp³-hybridized carbons (Fsp3) is 0.200. The van der Waals surface area contributed by atoms with E-state index in [4.69, 9.17) is 11.6 Å². The number of aromatic amines is 1. The van der Waals surface area contributed by atoms with Crippen LogP contribution in [0, 0.1) is 0 Å². The van der Waals surface area contributed by atoms with E-state index in [0.29, 0.717) is 22.5 Å². The third-order valence-electron chi connectivity index (χ3n) is 2.50. The van der Waals surface area contributed by atoms with Crippen molar-refractivity contribution in [3.05, 3.63) is 38.0 Å². The highest BCUT2D eigenvalue weighted by molar-refractivity contribution is 6.39. The van der Waals surface area contributed by atoms with Crippen molar-refractivity contribution >= 4 is 35.8 Å². The van der Waals surface area contributed by atoms with Crippen molar-refractivity contribution in [2.24, 2.45) is 0 Å². The molecule has 1 aromatic carbocycles. The van der Waals surface area contributed by atoms with Gasteiger partial charge in [0.1, 0.15) is 7.85 Å². The summed E-state index contributed by atoms with van der Waals surface area (Å²) in [6.45, 7) is 2.07. The van der Waals surface area contributed by atoms with Crippen molar-refractivity contribution in [1.29, 1.82) is 0 Å². The number of nitrogens with one attached hydrogen (secondary N) is 1. The molecule has 0 spiro atoms. The van der Waals surface area contributed by atoms with Crippen molar-refractivity contribution in [3.63, 3.8) is 0 Å². The summed E-state index contributed by atoms with van der Waals surface area (Å²) in [6.07, 6.45) is 0. The minimum absolute atomic E-state index is 0.328. The van der Waals surface area contributed by atoms with Crippen LogP contribution in [0.4, 0.5) is 0 Å². The molecule has 0 aliphatic carbocycles. The summed E-state index contributed by atoms with van der Waals surface area (Å²) in [5.41, 5.74) is 0.652. The van der Waals surface area contributed by atoms with Crippen LogP contribution in [0.25, 0.3) is 10.9 Å². The lowest BCUT2D eigenvalue weighted by Gasteiger charge is -2.05. The molecular weight excluding hydrogens is 226 g/mol. The molecule has 0 radical (unpaired) electrons. The van der Waals surface area contributed by atoms with Crippen LogP contribution in [-0.4, -0.2) is 17.4 Å². The third kappa shape index (κ3) is 1.57. The lowest BCUT2D eigenvalue weighted by molar-refractivity contribution is 0.684. The van der Waals surface area contributed by atoms with Crippen LogP contribution in [0.15, 0.2) is 21.7 Å². The molecular formula is C10H10BClN2O2. The van der Waals surface area contributed by atoms with E-state index >= 15 is 0 Å². The molecule has 0 aliphatic heterocycles. The Morgan fingerprint density at radius 1 is 1.44 bits per heavy atom. The fourth-order valence-electron chi connectivity index (χ4n) is 1.76. The summed E-state index contributed by atoms with van der Waals surface area (Å²) < 4.78 is 1.13. The Morgan fingerprint density at radius 3 is 2.75 bits per heavy atom.